The van der Waals surface area contributed by atoms with Gasteiger partial charge in [0.15, 0.2) is 0 Å². The fraction of sp³-hybridized carbons (Fsp3) is 0.292. The monoisotopic (exact) mass is 492 g/mol. The van der Waals surface area contributed by atoms with Crippen LogP contribution in [0.15, 0.2) is 57.0 Å². The van der Waals surface area contributed by atoms with Crippen LogP contribution < -0.4 is 20.9 Å². The molecule has 0 bridgehead atoms. The van der Waals surface area contributed by atoms with Crippen LogP contribution in [-0.4, -0.2) is 29.5 Å². The van der Waals surface area contributed by atoms with E-state index in [1.165, 1.54) is 13.2 Å². The van der Waals surface area contributed by atoms with E-state index < -0.39 is 34.6 Å². The molecule has 0 radical (unpaired) electrons. The van der Waals surface area contributed by atoms with Crippen LogP contribution in [0, 0.1) is 5.82 Å². The van der Waals surface area contributed by atoms with Gasteiger partial charge in [-0.15, -0.1) is 0 Å². The fourth-order valence-electron chi connectivity index (χ4n) is 3.71. The summed E-state index contributed by atoms with van der Waals surface area (Å²) in [6.07, 6.45) is -3.41. The molecule has 7 nitrogen and oxygen atoms in total. The Balaban J connectivity index is 2.33. The molecule has 35 heavy (non-hydrogen) atoms. The summed E-state index contributed by atoms with van der Waals surface area (Å²) < 4.78 is 61.0. The van der Waals surface area contributed by atoms with E-state index >= 15 is 4.39 Å². The minimum Gasteiger partial charge on any atom is -0.495 e. The summed E-state index contributed by atoms with van der Waals surface area (Å²) >= 11 is 0. The zero-order valence-corrected chi connectivity index (χ0v) is 19.4. The normalized spacial score (nSPS) is 11.4. The summed E-state index contributed by atoms with van der Waals surface area (Å²) in [6, 6.07) is 9.50. The molecule has 186 valence electrons. The highest BCUT2D eigenvalue weighted by atomic mass is 19.4. The minimum atomic E-state index is -4.94. The molecule has 0 aliphatic carbocycles. The molecular weight excluding hydrogens is 468 g/mol. The Bertz CT molecular complexity index is 1360. The highest BCUT2D eigenvalue weighted by Crippen LogP contribution is 2.40. The summed E-state index contributed by atoms with van der Waals surface area (Å²) in [7, 11) is 2.35. The van der Waals surface area contributed by atoms with E-state index in [4.69, 9.17) is 4.74 Å². The molecule has 0 aliphatic heterocycles. The Morgan fingerprint density at radius 2 is 1.80 bits per heavy atom. The molecule has 1 aromatic heterocycles. The van der Waals surface area contributed by atoms with E-state index in [0.29, 0.717) is 34.7 Å². The van der Waals surface area contributed by atoms with Gasteiger partial charge in [-0.2, -0.15) is 13.2 Å². The molecule has 0 amide bonds. The van der Waals surface area contributed by atoms with Crippen molar-refractivity contribution in [1.29, 1.82) is 0 Å². The standard InChI is InChI=1S/C24H24F4N4O3/c1-5-6-11-31(17-9-7-8-10-20(17)35-4)19-13-18(15(25)12-16(19)29-2)32-22(33)14-21(24(26,27)28)30(3)23(32)34/h7-10,12-14H,2,5-6,11H2,1,3-4H3. The number of halogens is 4. The van der Waals surface area contributed by atoms with Crippen molar-refractivity contribution >= 4 is 23.8 Å². The summed E-state index contributed by atoms with van der Waals surface area (Å²) in [5.74, 6) is -0.516. The molecule has 0 N–H and O–H groups in total. The molecule has 0 unspecified atom stereocenters. The number of anilines is 2. The lowest BCUT2D eigenvalue weighted by molar-refractivity contribution is -0.144. The number of unbranched alkanes of at least 4 members (excludes halogenated alkanes) is 1. The van der Waals surface area contributed by atoms with Crippen molar-refractivity contribution in [2.75, 3.05) is 18.6 Å². The van der Waals surface area contributed by atoms with Crippen LogP contribution in [0.25, 0.3) is 5.69 Å². The second-order valence-electron chi connectivity index (χ2n) is 7.67. The van der Waals surface area contributed by atoms with Crippen molar-refractivity contribution in [3.63, 3.8) is 0 Å². The first-order valence-corrected chi connectivity index (χ1v) is 10.7. The second-order valence-corrected chi connectivity index (χ2v) is 7.67. The topological polar surface area (TPSA) is 68.8 Å². The van der Waals surface area contributed by atoms with Gasteiger partial charge in [0.05, 0.1) is 29.9 Å². The van der Waals surface area contributed by atoms with Crippen LogP contribution in [-0.2, 0) is 13.2 Å². The fourth-order valence-corrected chi connectivity index (χ4v) is 3.71. The smallest absolute Gasteiger partial charge is 0.431 e. The molecule has 0 atom stereocenters. The number of aromatic nitrogens is 2. The Morgan fingerprint density at radius 3 is 2.40 bits per heavy atom. The summed E-state index contributed by atoms with van der Waals surface area (Å²) in [5.41, 5.74) is -3.59. The van der Waals surface area contributed by atoms with Crippen molar-refractivity contribution < 1.29 is 22.3 Å². The van der Waals surface area contributed by atoms with Gasteiger partial charge in [-0.25, -0.2) is 13.8 Å². The highest BCUT2D eigenvalue weighted by molar-refractivity contribution is 5.80. The van der Waals surface area contributed by atoms with Crippen LogP contribution in [0.4, 0.5) is 34.6 Å². The Labute approximate surface area is 198 Å². The largest absolute Gasteiger partial charge is 0.495 e. The number of methoxy groups -OCH3 is 1. The summed E-state index contributed by atoms with van der Waals surface area (Å²) in [4.78, 5) is 31.0. The van der Waals surface area contributed by atoms with Gasteiger partial charge in [0.25, 0.3) is 5.56 Å². The molecule has 2 aromatic carbocycles. The molecule has 0 saturated heterocycles. The van der Waals surface area contributed by atoms with Gasteiger partial charge in [0.2, 0.25) is 0 Å². The third kappa shape index (κ3) is 4.98. The SMILES string of the molecule is C=Nc1cc(F)c(-n2c(=O)cc(C(F)(F)F)n(C)c2=O)cc1N(CCCC)c1ccccc1OC. The minimum absolute atomic E-state index is 0.116. The zero-order chi connectivity index (χ0) is 25.9. The molecule has 0 fully saturated rings. The van der Waals surface area contributed by atoms with Gasteiger partial charge in [0.1, 0.15) is 17.3 Å². The first-order chi connectivity index (χ1) is 16.5. The number of hydrogen-bond donors (Lipinski definition) is 0. The Kier molecular flexibility index (Phi) is 7.47. The molecule has 1 heterocycles. The Morgan fingerprint density at radius 1 is 1.11 bits per heavy atom. The van der Waals surface area contributed by atoms with E-state index in [1.807, 2.05) is 6.92 Å². The number of aliphatic imine (C=N–C) groups is 1. The number of benzene rings is 2. The maximum Gasteiger partial charge on any atom is 0.431 e. The van der Waals surface area contributed by atoms with Gasteiger partial charge in [-0.3, -0.25) is 14.4 Å². The average Bonchev–Trinajstić information content (AvgIpc) is 2.82. The van der Waals surface area contributed by atoms with Gasteiger partial charge < -0.3 is 9.64 Å². The van der Waals surface area contributed by atoms with Gasteiger partial charge in [0, 0.05) is 25.7 Å². The van der Waals surface area contributed by atoms with Gasteiger partial charge in [-0.05, 0) is 31.3 Å². The van der Waals surface area contributed by atoms with E-state index in [9.17, 15) is 22.8 Å². The number of ether oxygens (including phenoxy) is 1. The van der Waals surface area contributed by atoms with Crippen molar-refractivity contribution in [2.45, 2.75) is 25.9 Å². The van der Waals surface area contributed by atoms with Crippen molar-refractivity contribution in [2.24, 2.45) is 12.0 Å². The molecule has 0 spiro atoms. The van der Waals surface area contributed by atoms with Crippen LogP contribution in [0.1, 0.15) is 25.5 Å². The van der Waals surface area contributed by atoms with E-state index in [0.717, 1.165) is 19.5 Å². The summed E-state index contributed by atoms with van der Waals surface area (Å²) in [5, 5.41) is 0. The zero-order valence-electron chi connectivity index (χ0n) is 19.4. The van der Waals surface area contributed by atoms with Gasteiger partial charge >= 0.3 is 11.9 Å². The lowest BCUT2D eigenvalue weighted by Crippen LogP contribution is -2.41. The van der Waals surface area contributed by atoms with E-state index in [2.05, 4.69) is 11.7 Å². The summed E-state index contributed by atoms with van der Waals surface area (Å²) in [6.45, 7) is 5.90. The molecule has 11 heteroatoms. The Hall–Kier alpha value is -3.89. The lowest BCUT2D eigenvalue weighted by Gasteiger charge is -2.28. The molecular formula is C24H24F4N4O3. The quantitative estimate of drug-likeness (QED) is 0.329. The third-order valence-corrected chi connectivity index (χ3v) is 5.47. The predicted molar refractivity (Wildman–Crippen MR) is 126 cm³/mol. The van der Waals surface area contributed by atoms with Crippen LogP contribution in [0.3, 0.4) is 0 Å². The number of alkyl halides is 3. The molecule has 3 aromatic rings. The maximum absolute atomic E-state index is 15.1. The van der Waals surface area contributed by atoms with Crippen LogP contribution in [0.2, 0.25) is 0 Å². The van der Waals surface area contributed by atoms with Crippen molar-refractivity contribution in [3.8, 4) is 11.4 Å². The van der Waals surface area contributed by atoms with Crippen molar-refractivity contribution in [1.82, 2.24) is 9.13 Å². The highest BCUT2D eigenvalue weighted by Gasteiger charge is 2.35. The molecule has 0 saturated carbocycles. The molecule has 0 aliphatic rings. The number of para-hydroxylation sites is 2. The van der Waals surface area contributed by atoms with E-state index in [-0.39, 0.29) is 16.3 Å². The third-order valence-electron chi connectivity index (χ3n) is 5.47. The van der Waals surface area contributed by atoms with Crippen LogP contribution in [0.5, 0.6) is 5.75 Å². The first kappa shape index (κ1) is 25.7. The maximum atomic E-state index is 15.1. The van der Waals surface area contributed by atoms with Crippen LogP contribution >= 0.6 is 0 Å². The lowest BCUT2D eigenvalue weighted by atomic mass is 10.1. The number of hydrogen-bond acceptors (Lipinski definition) is 5. The first-order valence-electron chi connectivity index (χ1n) is 10.7. The van der Waals surface area contributed by atoms with Crippen molar-refractivity contribution in [3.05, 3.63) is 74.8 Å². The number of rotatable bonds is 8. The molecule has 3 rings (SSSR count). The number of nitrogens with zero attached hydrogens (tertiary/aromatic N) is 4. The second kappa shape index (κ2) is 10.2. The average molecular weight is 492 g/mol. The van der Waals surface area contributed by atoms with E-state index in [1.54, 1.807) is 29.2 Å². The van der Waals surface area contributed by atoms with Gasteiger partial charge in [-0.1, -0.05) is 25.5 Å². The predicted octanol–water partition coefficient (Wildman–Crippen LogP) is 4.97.